The van der Waals surface area contributed by atoms with Gasteiger partial charge in [-0.3, -0.25) is 0 Å². The van der Waals surface area contributed by atoms with Crippen molar-refractivity contribution in [1.29, 1.82) is 0 Å². The Morgan fingerprint density at radius 2 is 2.45 bits per heavy atom. The first kappa shape index (κ1) is 9.50. The molecule has 0 radical (unpaired) electrons. The van der Waals surface area contributed by atoms with Crippen molar-refractivity contribution in [3.63, 3.8) is 0 Å². The van der Waals surface area contributed by atoms with Crippen LogP contribution in [-0.4, -0.2) is 32.1 Å². The fourth-order valence-corrected chi connectivity index (χ4v) is 0.458. The van der Waals surface area contributed by atoms with Crippen LogP contribution in [0.25, 0.3) is 0 Å². The third-order valence-electron chi connectivity index (χ3n) is 0.451. The lowest BCUT2D eigenvalue weighted by molar-refractivity contribution is -0.128. The molecule has 0 amide bonds. The maximum atomic E-state index is 9.29. The minimum Gasteiger partial charge on any atom is -0.477 e. The first-order valence-corrected chi connectivity index (χ1v) is 3.22. The second kappa shape index (κ2) is 6.62. The van der Waals surface area contributed by atoms with Gasteiger partial charge in [0.25, 0.3) is 0 Å². The maximum absolute atomic E-state index is 9.29. The number of nitrogens with zero attached hydrogens (tertiary/aromatic N) is 3. The van der Waals surface area contributed by atoms with Gasteiger partial charge in [-0.05, 0) is 11.5 Å². The molecule has 0 aliphatic heterocycles. The Morgan fingerprint density at radius 1 is 1.73 bits per heavy atom. The third-order valence-corrected chi connectivity index (χ3v) is 0.883. The Balaban J connectivity index is 0.000000183. The van der Waals surface area contributed by atoms with Crippen molar-refractivity contribution in [3.05, 3.63) is 11.6 Å². The normalized spacial score (nSPS) is 8.73. The van der Waals surface area contributed by atoms with Gasteiger partial charge in [0.05, 0.1) is 6.20 Å². The standard InChI is InChI=1S/C2H2N2S.C2H3NO3/c1-2-5-4-3-1;4-2(5)1-3-6/h1-2H;1,6H,(H,4,5). The van der Waals surface area contributed by atoms with Crippen LogP contribution in [0.5, 0.6) is 0 Å². The summed E-state index contributed by atoms with van der Waals surface area (Å²) < 4.78 is 3.51. The Hall–Kier alpha value is -1.50. The summed E-state index contributed by atoms with van der Waals surface area (Å²) in [6.07, 6.45) is 2.05. The highest BCUT2D eigenvalue weighted by molar-refractivity contribution is 7.03. The molecule has 60 valence electrons. The van der Waals surface area contributed by atoms with Crippen molar-refractivity contribution in [2.24, 2.45) is 5.16 Å². The second-order valence-corrected chi connectivity index (χ2v) is 1.82. The van der Waals surface area contributed by atoms with Crippen LogP contribution in [0.3, 0.4) is 0 Å². The molecule has 2 N–H and O–H groups in total. The molecule has 0 saturated heterocycles. The van der Waals surface area contributed by atoms with Gasteiger partial charge in [0, 0.05) is 5.38 Å². The molecule has 11 heavy (non-hydrogen) atoms. The molecule has 0 fully saturated rings. The first-order valence-electron chi connectivity index (χ1n) is 2.38. The number of hydrogen-bond donors (Lipinski definition) is 2. The molecule has 0 spiro atoms. The monoisotopic (exact) mass is 175 g/mol. The average molecular weight is 175 g/mol. The summed E-state index contributed by atoms with van der Waals surface area (Å²) in [5.74, 6) is -1.25. The fourth-order valence-electron chi connectivity index (χ4n) is 0.185. The molecule has 0 atom stereocenters. The van der Waals surface area contributed by atoms with E-state index in [0.29, 0.717) is 6.21 Å². The summed E-state index contributed by atoms with van der Waals surface area (Å²) in [6.45, 7) is 0. The topological polar surface area (TPSA) is 95.7 Å². The lowest BCUT2D eigenvalue weighted by Gasteiger charge is -1.67. The van der Waals surface area contributed by atoms with Crippen LogP contribution in [0, 0.1) is 0 Å². The predicted molar refractivity (Wildman–Crippen MR) is 37.8 cm³/mol. The van der Waals surface area contributed by atoms with Crippen LogP contribution in [0.2, 0.25) is 0 Å². The van der Waals surface area contributed by atoms with E-state index in [4.69, 9.17) is 10.3 Å². The van der Waals surface area contributed by atoms with Gasteiger partial charge < -0.3 is 10.3 Å². The summed E-state index contributed by atoms with van der Waals surface area (Å²) >= 11 is 1.35. The van der Waals surface area contributed by atoms with Crippen LogP contribution >= 0.6 is 11.5 Å². The molecule has 1 heterocycles. The van der Waals surface area contributed by atoms with Crippen molar-refractivity contribution in [1.82, 2.24) is 9.59 Å². The van der Waals surface area contributed by atoms with Gasteiger partial charge in [0.1, 0.15) is 0 Å². The number of hydrogen-bond acceptors (Lipinski definition) is 6. The molecular formula is C4H5N3O3S. The van der Waals surface area contributed by atoms with E-state index in [1.165, 1.54) is 11.5 Å². The predicted octanol–water partition coefficient (Wildman–Crippen LogP) is 0.0691. The van der Waals surface area contributed by atoms with Crippen LogP contribution in [-0.2, 0) is 4.79 Å². The van der Waals surface area contributed by atoms with Gasteiger partial charge in [-0.1, -0.05) is 9.64 Å². The van der Waals surface area contributed by atoms with E-state index in [1.807, 2.05) is 5.38 Å². The Labute approximate surface area is 66.0 Å². The first-order chi connectivity index (χ1) is 5.27. The largest absolute Gasteiger partial charge is 0.477 e. The molecule has 1 aromatic heterocycles. The lowest BCUT2D eigenvalue weighted by atomic mass is 10.8. The number of aromatic nitrogens is 2. The van der Waals surface area contributed by atoms with Crippen LogP contribution in [0.4, 0.5) is 0 Å². The van der Waals surface area contributed by atoms with Crippen LogP contribution in [0.1, 0.15) is 0 Å². The summed E-state index contributed by atoms with van der Waals surface area (Å²) in [7, 11) is 0. The Morgan fingerprint density at radius 3 is 2.55 bits per heavy atom. The van der Waals surface area contributed by atoms with Crippen LogP contribution < -0.4 is 0 Å². The Kier molecular flexibility index (Phi) is 5.72. The highest BCUT2D eigenvalue weighted by atomic mass is 32.1. The smallest absolute Gasteiger partial charge is 0.350 e. The van der Waals surface area contributed by atoms with Crippen molar-refractivity contribution in [3.8, 4) is 0 Å². The van der Waals surface area contributed by atoms with Gasteiger partial charge in [-0.2, -0.15) is 0 Å². The number of carboxylic acids is 1. The lowest BCUT2D eigenvalue weighted by Crippen LogP contribution is -1.93. The molecule has 6 nitrogen and oxygen atoms in total. The zero-order valence-corrected chi connectivity index (χ0v) is 6.10. The quantitative estimate of drug-likeness (QED) is 0.357. The highest BCUT2D eigenvalue weighted by Gasteiger charge is 1.80. The molecule has 7 heteroatoms. The summed E-state index contributed by atoms with van der Waals surface area (Å²) in [5, 5.41) is 22.6. The van der Waals surface area contributed by atoms with E-state index in [1.54, 1.807) is 6.20 Å². The SMILES string of the molecule is O=C(O)C=NO.c1csnn1. The molecule has 0 aromatic carbocycles. The van der Waals surface area contributed by atoms with Crippen LogP contribution in [0.15, 0.2) is 16.7 Å². The molecule has 0 aliphatic rings. The number of rotatable bonds is 1. The van der Waals surface area contributed by atoms with E-state index < -0.39 is 5.97 Å². The maximum Gasteiger partial charge on any atom is 0.350 e. The molecule has 0 saturated carbocycles. The van der Waals surface area contributed by atoms with Gasteiger partial charge in [-0.15, -0.1) is 5.10 Å². The minimum absolute atomic E-state index is 0.389. The second-order valence-electron chi connectivity index (χ2n) is 1.17. The molecular weight excluding hydrogens is 170 g/mol. The molecule has 1 aromatic rings. The molecule has 0 aliphatic carbocycles. The van der Waals surface area contributed by atoms with Gasteiger partial charge >= 0.3 is 5.97 Å². The van der Waals surface area contributed by atoms with E-state index in [9.17, 15) is 4.79 Å². The van der Waals surface area contributed by atoms with Crippen molar-refractivity contribution >= 4 is 23.7 Å². The zero-order valence-electron chi connectivity index (χ0n) is 5.28. The van der Waals surface area contributed by atoms with E-state index >= 15 is 0 Å². The van der Waals surface area contributed by atoms with E-state index in [2.05, 4.69) is 14.7 Å². The number of aliphatic carboxylic acids is 1. The van der Waals surface area contributed by atoms with Crippen molar-refractivity contribution < 1.29 is 15.1 Å². The number of oxime groups is 1. The summed E-state index contributed by atoms with van der Waals surface area (Å²) in [5.41, 5.74) is 0. The van der Waals surface area contributed by atoms with E-state index in [0.717, 1.165) is 0 Å². The minimum atomic E-state index is -1.25. The van der Waals surface area contributed by atoms with Gasteiger partial charge in [-0.25, -0.2) is 4.79 Å². The molecule has 1 rings (SSSR count). The Bertz CT molecular complexity index is 193. The third kappa shape index (κ3) is 8.50. The van der Waals surface area contributed by atoms with Crippen molar-refractivity contribution in [2.75, 3.05) is 0 Å². The summed E-state index contributed by atoms with van der Waals surface area (Å²) in [6, 6.07) is 0. The highest BCUT2D eigenvalue weighted by Crippen LogP contribution is 1.78. The van der Waals surface area contributed by atoms with Crippen molar-refractivity contribution in [2.45, 2.75) is 0 Å². The van der Waals surface area contributed by atoms with E-state index in [-0.39, 0.29) is 0 Å². The number of carbonyl (C=O) groups is 1. The molecule has 0 unspecified atom stereocenters. The molecule has 0 bridgehead atoms. The van der Waals surface area contributed by atoms with Gasteiger partial charge in [0.15, 0.2) is 6.21 Å². The van der Waals surface area contributed by atoms with Gasteiger partial charge in [0.2, 0.25) is 0 Å². The zero-order chi connectivity index (χ0) is 8.53. The average Bonchev–Trinajstić information content (AvgIpc) is 2.41. The fraction of sp³-hybridized carbons (Fsp3) is 0. The number of carboxylic acid groups (broad SMARTS) is 1. The summed E-state index contributed by atoms with van der Waals surface area (Å²) in [4.78, 5) is 9.29.